The van der Waals surface area contributed by atoms with Crippen LogP contribution in [0.25, 0.3) is 44.5 Å². The van der Waals surface area contributed by atoms with E-state index in [0.29, 0.717) is 0 Å². The average Bonchev–Trinajstić information content (AvgIpc) is 3.79. The van der Waals surface area contributed by atoms with Gasteiger partial charge in [-0.25, -0.2) is 0 Å². The van der Waals surface area contributed by atoms with E-state index in [-0.39, 0.29) is 16.2 Å². The van der Waals surface area contributed by atoms with Gasteiger partial charge in [-0.2, -0.15) is 0 Å². The molecule has 2 nitrogen and oxygen atoms in total. The van der Waals surface area contributed by atoms with E-state index in [4.69, 9.17) is 0 Å². The van der Waals surface area contributed by atoms with Crippen LogP contribution in [0.2, 0.25) is 0 Å². The third-order valence-corrected chi connectivity index (χ3v) is 16.6. The maximum Gasteiger partial charge on any atom is 0.0464 e. The van der Waals surface area contributed by atoms with E-state index >= 15 is 0 Å². The molecule has 0 saturated carbocycles. The van der Waals surface area contributed by atoms with E-state index in [0.717, 1.165) is 55.9 Å². The van der Waals surface area contributed by atoms with Gasteiger partial charge >= 0.3 is 0 Å². The predicted octanol–water partition coefficient (Wildman–Crippen LogP) is 20.5. The van der Waals surface area contributed by atoms with Crippen molar-refractivity contribution in [3.63, 3.8) is 0 Å². The van der Waals surface area contributed by atoms with Gasteiger partial charge in [0.25, 0.3) is 0 Å². The molecule has 356 valence electrons. The molecule has 0 N–H and O–H groups in total. The molecule has 10 aromatic rings. The summed E-state index contributed by atoms with van der Waals surface area (Å²) in [5.74, 6) is 0. The summed E-state index contributed by atoms with van der Waals surface area (Å²) in [6.07, 6.45) is 2.06. The summed E-state index contributed by atoms with van der Waals surface area (Å²) < 4.78 is 2.16. The summed E-state index contributed by atoms with van der Waals surface area (Å²) >= 11 is 7.25. The highest BCUT2D eigenvalue weighted by atomic mass is 79.9. The van der Waals surface area contributed by atoms with Gasteiger partial charge < -0.3 is 9.80 Å². The summed E-state index contributed by atoms with van der Waals surface area (Å²) in [7, 11) is 0. The highest BCUT2D eigenvalue weighted by molar-refractivity contribution is 9.10. The van der Waals surface area contributed by atoms with Gasteiger partial charge in [0, 0.05) is 48.5 Å². The van der Waals surface area contributed by atoms with Crippen molar-refractivity contribution in [3.8, 4) is 44.5 Å². The van der Waals surface area contributed by atoms with Gasteiger partial charge in [-0.1, -0.05) is 205 Å². The molecular formula is C69H56Br2N2. The molecule has 0 heterocycles. The maximum atomic E-state index is 3.62. The topological polar surface area (TPSA) is 6.48 Å². The van der Waals surface area contributed by atoms with Crippen LogP contribution in [0.3, 0.4) is 0 Å². The summed E-state index contributed by atoms with van der Waals surface area (Å²) in [4.78, 5) is 4.91. The SMILES string of the molecule is CC1(C)CC2(CC(C)(C)c3ccc(N(c4ccc(-c5ccccc5)cc4)c4ccc(-c5ccc(Br)cc5)cc4)cc32)c2cc(N(c3ccc(-c4ccccc4)cc3)c3ccc(-c4ccc(Br)cc4)cc3)ccc21. The number of hydrogen-bond acceptors (Lipinski definition) is 2. The zero-order valence-electron chi connectivity index (χ0n) is 41.7. The molecule has 0 atom stereocenters. The van der Waals surface area contributed by atoms with E-state index < -0.39 is 0 Å². The Morgan fingerprint density at radius 3 is 0.808 bits per heavy atom. The molecule has 0 saturated heterocycles. The van der Waals surface area contributed by atoms with Crippen molar-refractivity contribution in [2.24, 2.45) is 0 Å². The predicted molar refractivity (Wildman–Crippen MR) is 315 cm³/mol. The number of rotatable bonds is 10. The first-order valence-corrected chi connectivity index (χ1v) is 26.9. The first kappa shape index (κ1) is 46.8. The van der Waals surface area contributed by atoms with Crippen molar-refractivity contribution in [1.82, 2.24) is 0 Å². The fraction of sp³-hybridized carbons (Fsp3) is 0.130. The quantitative estimate of drug-likeness (QED) is 0.135. The lowest BCUT2D eigenvalue weighted by molar-refractivity contribution is 0.349. The van der Waals surface area contributed by atoms with E-state index in [1.165, 1.54) is 66.8 Å². The number of anilines is 6. The second kappa shape index (κ2) is 18.7. The Balaban J connectivity index is 0.990. The summed E-state index contributed by atoms with van der Waals surface area (Å²) in [5.41, 5.74) is 21.8. The van der Waals surface area contributed by atoms with Gasteiger partial charge in [0.15, 0.2) is 0 Å². The van der Waals surface area contributed by atoms with Crippen molar-refractivity contribution >= 4 is 66.0 Å². The van der Waals surface area contributed by atoms with Crippen molar-refractivity contribution in [2.45, 2.75) is 56.8 Å². The van der Waals surface area contributed by atoms with Crippen molar-refractivity contribution in [1.29, 1.82) is 0 Å². The molecule has 0 fully saturated rings. The fourth-order valence-electron chi connectivity index (χ4n) is 12.3. The van der Waals surface area contributed by atoms with Crippen LogP contribution in [-0.4, -0.2) is 0 Å². The molecule has 0 amide bonds. The van der Waals surface area contributed by atoms with Crippen molar-refractivity contribution in [3.05, 3.63) is 274 Å². The first-order chi connectivity index (χ1) is 35.4. The molecule has 0 aliphatic heterocycles. The van der Waals surface area contributed by atoms with Gasteiger partial charge in [-0.15, -0.1) is 0 Å². The fourth-order valence-corrected chi connectivity index (χ4v) is 12.8. The summed E-state index contributed by atoms with van der Waals surface area (Å²) in [6, 6.07) is 89.5. The first-order valence-electron chi connectivity index (χ1n) is 25.4. The Bertz CT molecular complexity index is 3340. The Labute approximate surface area is 447 Å². The van der Waals surface area contributed by atoms with Gasteiger partial charge in [0.05, 0.1) is 0 Å². The molecular weight excluding hydrogens is 1020 g/mol. The zero-order valence-corrected chi connectivity index (χ0v) is 44.8. The number of nitrogens with zero attached hydrogens (tertiary/aromatic N) is 2. The second-order valence-corrected chi connectivity index (χ2v) is 23.1. The van der Waals surface area contributed by atoms with E-state index in [1.807, 2.05) is 0 Å². The van der Waals surface area contributed by atoms with E-state index in [9.17, 15) is 0 Å². The zero-order chi connectivity index (χ0) is 49.9. The highest BCUT2D eigenvalue weighted by Gasteiger charge is 2.56. The van der Waals surface area contributed by atoms with Crippen LogP contribution < -0.4 is 9.80 Å². The lowest BCUT2D eigenvalue weighted by Gasteiger charge is -2.32. The molecule has 0 aromatic heterocycles. The van der Waals surface area contributed by atoms with Gasteiger partial charge in [-0.05, 0) is 187 Å². The average molecular weight is 1070 g/mol. The summed E-state index contributed by atoms with van der Waals surface area (Å²) in [6.45, 7) is 9.85. The minimum Gasteiger partial charge on any atom is -0.310 e. The molecule has 0 unspecified atom stereocenters. The third kappa shape index (κ3) is 8.75. The van der Waals surface area contributed by atoms with Crippen LogP contribution in [0, 0.1) is 0 Å². The molecule has 4 heteroatoms. The Hall–Kier alpha value is -7.24. The van der Waals surface area contributed by atoms with Crippen LogP contribution in [0.15, 0.2) is 252 Å². The van der Waals surface area contributed by atoms with Crippen LogP contribution in [-0.2, 0) is 16.2 Å². The third-order valence-electron chi connectivity index (χ3n) is 15.6. The van der Waals surface area contributed by atoms with Crippen LogP contribution >= 0.6 is 31.9 Å². The van der Waals surface area contributed by atoms with Gasteiger partial charge in [-0.3, -0.25) is 0 Å². The van der Waals surface area contributed by atoms with E-state index in [1.54, 1.807) is 0 Å². The summed E-state index contributed by atoms with van der Waals surface area (Å²) in [5, 5.41) is 0. The number of fused-ring (bicyclic) bond motifs is 4. The van der Waals surface area contributed by atoms with Crippen molar-refractivity contribution in [2.75, 3.05) is 9.80 Å². The molecule has 0 bridgehead atoms. The minimum atomic E-state index is -0.216. The molecule has 1 spiro atoms. The van der Waals surface area contributed by atoms with Crippen LogP contribution in [0.4, 0.5) is 34.1 Å². The Morgan fingerprint density at radius 2 is 0.521 bits per heavy atom. The monoisotopic (exact) mass is 1070 g/mol. The van der Waals surface area contributed by atoms with E-state index in [2.05, 4.69) is 312 Å². The largest absolute Gasteiger partial charge is 0.310 e. The van der Waals surface area contributed by atoms with Crippen LogP contribution in [0.1, 0.15) is 62.8 Å². The molecule has 73 heavy (non-hydrogen) atoms. The lowest BCUT2D eigenvalue weighted by atomic mass is 9.72. The minimum absolute atomic E-state index is 0.0497. The molecule has 2 aliphatic rings. The number of halogens is 2. The smallest absolute Gasteiger partial charge is 0.0464 e. The Morgan fingerprint density at radius 1 is 0.274 bits per heavy atom. The normalized spacial score (nSPS) is 14.7. The van der Waals surface area contributed by atoms with Gasteiger partial charge in [0.2, 0.25) is 0 Å². The second-order valence-electron chi connectivity index (χ2n) is 21.3. The molecule has 10 aromatic carbocycles. The highest BCUT2D eigenvalue weighted by Crippen LogP contribution is 2.64. The number of benzene rings is 10. The molecule has 0 radical (unpaired) electrons. The standard InChI is InChI=1S/C69H56Br2N2/c1-67(2)45-69(65-43-61(39-41-63(65)67)72(57-31-19-51(20-32-57)47-11-7-5-8-12-47)59-35-23-53(24-36-59)49-15-27-55(70)28-16-49)46-68(3,4)64-42-40-62(44-66(64)69)73(58-33-21-52(22-34-58)48-13-9-6-10-14-48)60-37-25-54(26-38-60)50-17-29-56(71)30-18-50/h5-44H,45-46H2,1-4H3. The van der Waals surface area contributed by atoms with Crippen molar-refractivity contribution < 1.29 is 0 Å². The van der Waals surface area contributed by atoms with Gasteiger partial charge in [0.1, 0.15) is 0 Å². The molecule has 2 aliphatic carbocycles. The molecule has 12 rings (SSSR count). The van der Waals surface area contributed by atoms with Crippen LogP contribution in [0.5, 0.6) is 0 Å². The maximum absolute atomic E-state index is 3.62. The Kier molecular flexibility index (Phi) is 12.0. The number of hydrogen-bond donors (Lipinski definition) is 0. The lowest BCUT2D eigenvalue weighted by Crippen LogP contribution is -2.27.